The number of hydrogen-bond donors (Lipinski definition) is 2. The van der Waals surface area contributed by atoms with Crippen LogP contribution in [0.4, 0.5) is 0 Å². The Labute approximate surface area is 95.5 Å². The summed E-state index contributed by atoms with van der Waals surface area (Å²) in [5.41, 5.74) is 1.92. The lowest BCUT2D eigenvalue weighted by Crippen LogP contribution is -2.00. The summed E-state index contributed by atoms with van der Waals surface area (Å²) < 4.78 is 15.1. The van der Waals surface area contributed by atoms with E-state index in [0.717, 1.165) is 17.5 Å². The van der Waals surface area contributed by atoms with Gasteiger partial charge in [0, 0.05) is 0 Å². The molecule has 5 heteroatoms. The van der Waals surface area contributed by atoms with Crippen LogP contribution in [-0.4, -0.2) is 9.79 Å². The van der Waals surface area contributed by atoms with Crippen molar-refractivity contribution < 1.29 is 18.9 Å². The first-order chi connectivity index (χ1) is 7.44. The number of hydrogen-bond acceptors (Lipinski definition) is 2. The average molecular weight is 244 g/mol. The maximum atomic E-state index is 10.6. The third kappa shape index (κ3) is 4.06. The van der Waals surface area contributed by atoms with Gasteiger partial charge in [-0.3, -0.25) is 4.52 Å². The summed E-state index contributed by atoms with van der Waals surface area (Å²) in [7, 11) is -4.39. The van der Waals surface area contributed by atoms with E-state index in [4.69, 9.17) is 9.79 Å². The molecule has 1 aromatic carbocycles. The van der Waals surface area contributed by atoms with Crippen molar-refractivity contribution in [3.8, 4) is 0 Å². The minimum atomic E-state index is -4.39. The van der Waals surface area contributed by atoms with Crippen LogP contribution in [0.2, 0.25) is 0 Å². The predicted molar refractivity (Wildman–Crippen MR) is 62.0 cm³/mol. The van der Waals surface area contributed by atoms with Crippen molar-refractivity contribution in [1.29, 1.82) is 0 Å². The molecule has 0 aliphatic rings. The van der Waals surface area contributed by atoms with Gasteiger partial charge in [0.2, 0.25) is 0 Å². The molecule has 1 aromatic rings. The lowest BCUT2D eigenvalue weighted by Gasteiger charge is -2.15. The maximum absolute atomic E-state index is 10.6. The predicted octanol–water partition coefficient (Wildman–Crippen LogP) is 2.81. The van der Waals surface area contributed by atoms with E-state index in [1.807, 2.05) is 24.3 Å². The van der Waals surface area contributed by atoms with Gasteiger partial charge in [-0.05, 0) is 23.5 Å². The van der Waals surface area contributed by atoms with Crippen molar-refractivity contribution in [3.63, 3.8) is 0 Å². The normalized spacial score (nSPS) is 13.8. The van der Waals surface area contributed by atoms with E-state index in [-0.39, 0.29) is 6.61 Å². The van der Waals surface area contributed by atoms with Crippen LogP contribution in [0.15, 0.2) is 24.3 Å². The highest BCUT2D eigenvalue weighted by atomic mass is 31.2. The zero-order chi connectivity index (χ0) is 12.2. The highest BCUT2D eigenvalue weighted by molar-refractivity contribution is 7.46. The van der Waals surface area contributed by atoms with Crippen LogP contribution in [0.1, 0.15) is 37.3 Å². The van der Waals surface area contributed by atoms with E-state index in [0.29, 0.717) is 5.92 Å². The fourth-order valence-electron chi connectivity index (χ4n) is 1.52. The summed E-state index contributed by atoms with van der Waals surface area (Å²) >= 11 is 0. The molecule has 0 heterocycles. The van der Waals surface area contributed by atoms with Crippen molar-refractivity contribution >= 4 is 7.82 Å². The number of phosphoric acid groups is 1. The molecule has 1 unspecified atom stereocenters. The fourth-order valence-corrected chi connectivity index (χ4v) is 1.83. The second-order valence-corrected chi connectivity index (χ2v) is 5.01. The molecule has 90 valence electrons. The first-order valence-corrected chi connectivity index (χ1v) is 6.75. The lowest BCUT2D eigenvalue weighted by atomic mass is 9.94. The van der Waals surface area contributed by atoms with Crippen LogP contribution < -0.4 is 0 Å². The Bertz CT molecular complexity index is 385. The molecule has 16 heavy (non-hydrogen) atoms. The Morgan fingerprint density at radius 2 is 2.00 bits per heavy atom. The molecular weight excluding hydrogens is 227 g/mol. The summed E-state index contributed by atoms with van der Waals surface area (Å²) in [4.78, 5) is 17.3. The van der Waals surface area contributed by atoms with Crippen LogP contribution >= 0.6 is 7.82 Å². The Hall–Kier alpha value is -0.670. The smallest absolute Gasteiger partial charge is 0.303 e. The standard InChI is InChI=1S/C11H17O4P/c1-3-9(2)11-7-5-4-6-10(11)8-15-16(12,13)14/h4-7,9H,3,8H2,1-2H3,(H2,12,13,14). The number of rotatable bonds is 5. The molecule has 0 aliphatic heterocycles. The Balaban J connectivity index is 2.83. The van der Waals surface area contributed by atoms with E-state index in [1.165, 1.54) is 0 Å². The van der Waals surface area contributed by atoms with E-state index >= 15 is 0 Å². The summed E-state index contributed by atoms with van der Waals surface area (Å²) in [6.07, 6.45) is 0.979. The van der Waals surface area contributed by atoms with Gasteiger partial charge < -0.3 is 9.79 Å². The monoisotopic (exact) mass is 244 g/mol. The SMILES string of the molecule is CCC(C)c1ccccc1COP(=O)(O)O. The van der Waals surface area contributed by atoms with E-state index in [1.54, 1.807) is 0 Å². The number of benzene rings is 1. The Morgan fingerprint density at radius 1 is 1.38 bits per heavy atom. The second kappa shape index (κ2) is 5.60. The molecule has 0 bridgehead atoms. The largest absolute Gasteiger partial charge is 0.469 e. The highest BCUT2D eigenvalue weighted by Gasteiger charge is 2.16. The molecule has 0 saturated heterocycles. The summed E-state index contributed by atoms with van der Waals surface area (Å²) in [5, 5.41) is 0. The van der Waals surface area contributed by atoms with Crippen molar-refractivity contribution in [2.24, 2.45) is 0 Å². The first-order valence-electron chi connectivity index (χ1n) is 5.22. The minimum Gasteiger partial charge on any atom is -0.303 e. The van der Waals surface area contributed by atoms with Gasteiger partial charge in [0.25, 0.3) is 0 Å². The molecule has 1 rings (SSSR count). The van der Waals surface area contributed by atoms with Crippen LogP contribution in [0.3, 0.4) is 0 Å². The van der Waals surface area contributed by atoms with Crippen LogP contribution in [0.5, 0.6) is 0 Å². The minimum absolute atomic E-state index is 0.0508. The number of phosphoric ester groups is 1. The highest BCUT2D eigenvalue weighted by Crippen LogP contribution is 2.37. The van der Waals surface area contributed by atoms with Gasteiger partial charge in [-0.15, -0.1) is 0 Å². The summed E-state index contributed by atoms with van der Waals surface area (Å²) in [6.45, 7) is 4.10. The quantitative estimate of drug-likeness (QED) is 0.781. The zero-order valence-corrected chi connectivity index (χ0v) is 10.4. The van der Waals surface area contributed by atoms with E-state index in [9.17, 15) is 4.57 Å². The zero-order valence-electron chi connectivity index (χ0n) is 9.46. The van der Waals surface area contributed by atoms with Gasteiger partial charge in [-0.2, -0.15) is 0 Å². The van der Waals surface area contributed by atoms with Gasteiger partial charge in [0.05, 0.1) is 6.61 Å². The molecule has 1 atom stereocenters. The van der Waals surface area contributed by atoms with Crippen molar-refractivity contribution in [2.45, 2.75) is 32.8 Å². The second-order valence-electron chi connectivity index (χ2n) is 3.77. The maximum Gasteiger partial charge on any atom is 0.469 e. The van der Waals surface area contributed by atoms with Gasteiger partial charge in [0.1, 0.15) is 0 Å². The molecule has 0 amide bonds. The van der Waals surface area contributed by atoms with Crippen LogP contribution in [-0.2, 0) is 15.7 Å². The molecule has 4 nitrogen and oxygen atoms in total. The van der Waals surface area contributed by atoms with Crippen LogP contribution in [0, 0.1) is 0 Å². The van der Waals surface area contributed by atoms with Gasteiger partial charge >= 0.3 is 7.82 Å². The molecule has 0 spiro atoms. The van der Waals surface area contributed by atoms with Gasteiger partial charge in [-0.1, -0.05) is 38.1 Å². The molecule has 0 fully saturated rings. The molecular formula is C11H17O4P. The molecule has 0 aromatic heterocycles. The van der Waals surface area contributed by atoms with Gasteiger partial charge in [-0.25, -0.2) is 4.57 Å². The van der Waals surface area contributed by atoms with Crippen LogP contribution in [0.25, 0.3) is 0 Å². The third-order valence-electron chi connectivity index (χ3n) is 2.59. The van der Waals surface area contributed by atoms with E-state index < -0.39 is 7.82 Å². The van der Waals surface area contributed by atoms with Gasteiger partial charge in [0.15, 0.2) is 0 Å². The molecule has 0 aliphatic carbocycles. The Morgan fingerprint density at radius 3 is 2.56 bits per heavy atom. The van der Waals surface area contributed by atoms with E-state index in [2.05, 4.69) is 18.4 Å². The van der Waals surface area contributed by atoms with Crippen molar-refractivity contribution in [1.82, 2.24) is 0 Å². The Kier molecular flexibility index (Phi) is 4.69. The topological polar surface area (TPSA) is 66.8 Å². The molecule has 2 N–H and O–H groups in total. The third-order valence-corrected chi connectivity index (χ3v) is 3.05. The fraction of sp³-hybridized carbons (Fsp3) is 0.455. The van der Waals surface area contributed by atoms with Crippen molar-refractivity contribution in [3.05, 3.63) is 35.4 Å². The summed E-state index contributed by atoms with van der Waals surface area (Å²) in [6, 6.07) is 7.55. The summed E-state index contributed by atoms with van der Waals surface area (Å²) in [5.74, 6) is 0.358. The molecule has 0 radical (unpaired) electrons. The lowest BCUT2D eigenvalue weighted by molar-refractivity contribution is 0.188. The van der Waals surface area contributed by atoms with Crippen molar-refractivity contribution in [2.75, 3.05) is 0 Å². The molecule has 0 saturated carbocycles. The first kappa shape index (κ1) is 13.4. The average Bonchev–Trinajstić information content (AvgIpc) is 2.25.